The van der Waals surface area contributed by atoms with Crippen LogP contribution in [0.15, 0.2) is 82.6 Å². The Kier molecular flexibility index (Phi) is 19.1. The molecule has 0 N–H and O–H groups in total. The second-order valence-electron chi connectivity index (χ2n) is 17.5. The molecule has 0 bridgehead atoms. The molecule has 444 valence electrons. The van der Waals surface area contributed by atoms with Gasteiger partial charge < -0.3 is 36.8 Å². The summed E-state index contributed by atoms with van der Waals surface area (Å²) in [5, 5.41) is 0. The van der Waals surface area contributed by atoms with E-state index in [0.29, 0.717) is 48.3 Å². The summed E-state index contributed by atoms with van der Waals surface area (Å²) in [7, 11) is -7.38. The Labute approximate surface area is 455 Å². The van der Waals surface area contributed by atoms with Crippen LogP contribution in [-0.4, -0.2) is 70.7 Å². The number of rotatable bonds is 18. The smallest absolute Gasteiger partial charge is 0.416 e. The molecule has 2 heterocycles. The molecule has 30 heteroatoms. The number of hydrogen-bond donors (Lipinski definition) is 0. The van der Waals surface area contributed by atoms with Crippen LogP contribution in [0, 0.1) is 58.2 Å². The van der Waals surface area contributed by atoms with E-state index in [9.17, 15) is 87.1 Å². The minimum atomic E-state index is -5.15. The minimum Gasteiger partial charge on any atom is -0.493 e. The van der Waals surface area contributed by atoms with E-state index in [1.165, 1.54) is 38.5 Å². The van der Waals surface area contributed by atoms with Crippen LogP contribution in [0.3, 0.4) is 0 Å². The topological polar surface area (TPSA) is 142 Å². The van der Waals surface area contributed by atoms with Gasteiger partial charge in [0, 0.05) is 86.5 Å². The van der Waals surface area contributed by atoms with Crippen molar-refractivity contribution in [1.29, 1.82) is 0 Å². The summed E-state index contributed by atoms with van der Waals surface area (Å²) in [6.07, 6.45) is -7.98. The van der Waals surface area contributed by atoms with Gasteiger partial charge in [-0.2, -0.15) is 60.7 Å². The van der Waals surface area contributed by atoms with Gasteiger partial charge in [0.05, 0.1) is 37.6 Å². The van der Waals surface area contributed by atoms with E-state index < -0.39 is 135 Å². The normalized spacial score (nSPS) is 15.3. The predicted molar refractivity (Wildman–Crippen MR) is 252 cm³/mol. The quantitative estimate of drug-likeness (QED) is 0.0266. The van der Waals surface area contributed by atoms with Crippen molar-refractivity contribution < 1.29 is 124 Å². The van der Waals surface area contributed by atoms with Crippen molar-refractivity contribution in [3.8, 4) is 34.5 Å². The van der Waals surface area contributed by atoms with Crippen LogP contribution in [-0.2, 0) is 42.1 Å². The zero-order valence-electron chi connectivity index (χ0n) is 41.9. The summed E-state index contributed by atoms with van der Waals surface area (Å²) in [5.74, 6) is -30.0. The maximum atomic E-state index is 14.0. The lowest BCUT2D eigenvalue weighted by Crippen LogP contribution is -2.19. The van der Waals surface area contributed by atoms with Crippen LogP contribution >= 0.6 is 0 Å². The predicted octanol–water partition coefficient (Wildman–Crippen LogP) is 13.0. The zero-order chi connectivity index (χ0) is 60.2. The molecule has 2 aliphatic rings. The lowest BCUT2D eigenvalue weighted by atomic mass is 9.85. The second kappa shape index (κ2) is 25.1. The van der Waals surface area contributed by atoms with Gasteiger partial charge in [-0.3, -0.25) is 0 Å². The summed E-state index contributed by atoms with van der Waals surface area (Å²) >= 11 is 0. The van der Waals surface area contributed by atoms with Gasteiger partial charge >= 0.3 is 32.6 Å². The van der Waals surface area contributed by atoms with E-state index in [-0.39, 0.29) is 62.3 Å². The summed E-state index contributed by atoms with van der Waals surface area (Å²) < 4.78 is 309. The van der Waals surface area contributed by atoms with Gasteiger partial charge in [-0.1, -0.05) is 24.3 Å². The molecular formula is C52H40F16O12S2. The van der Waals surface area contributed by atoms with Crippen molar-refractivity contribution in [1.82, 2.24) is 0 Å². The third-order valence-corrected chi connectivity index (χ3v) is 14.7. The summed E-state index contributed by atoms with van der Waals surface area (Å²) in [4.78, 5) is -1.49. The van der Waals surface area contributed by atoms with E-state index in [1.807, 2.05) is 0 Å². The molecular weight excluding hydrogens is 1180 g/mol. The molecule has 0 saturated heterocycles. The maximum absolute atomic E-state index is 14.0. The van der Waals surface area contributed by atoms with Gasteiger partial charge in [0.2, 0.25) is 69.7 Å². The van der Waals surface area contributed by atoms with Crippen LogP contribution in [0.2, 0.25) is 0 Å². The van der Waals surface area contributed by atoms with Gasteiger partial charge in [-0.15, -0.1) is 0 Å². The molecule has 0 amide bonds. The molecule has 0 saturated carbocycles. The molecule has 0 fully saturated rings. The number of ether oxygens (including phenoxy) is 6. The Bertz CT molecular complexity index is 3290. The molecule has 0 aromatic heterocycles. The van der Waals surface area contributed by atoms with Gasteiger partial charge in [0.1, 0.15) is 32.8 Å². The fourth-order valence-electron chi connectivity index (χ4n) is 8.35. The van der Waals surface area contributed by atoms with Crippen molar-refractivity contribution in [2.45, 2.75) is 59.7 Å². The minimum absolute atomic E-state index is 0.0101. The molecule has 12 nitrogen and oxygen atoms in total. The first-order valence-electron chi connectivity index (χ1n) is 23.6. The highest BCUT2D eigenvalue weighted by Gasteiger charge is 2.38. The van der Waals surface area contributed by atoms with Crippen molar-refractivity contribution in [3.05, 3.63) is 164 Å². The monoisotopic (exact) mass is 1220 g/mol. The highest BCUT2D eigenvalue weighted by atomic mass is 32.2. The van der Waals surface area contributed by atoms with E-state index in [1.54, 1.807) is 0 Å². The van der Waals surface area contributed by atoms with Gasteiger partial charge in [0.25, 0.3) is 0 Å². The fourth-order valence-corrected chi connectivity index (χ4v) is 10.2. The van der Waals surface area contributed by atoms with E-state index >= 15 is 0 Å². The van der Waals surface area contributed by atoms with Gasteiger partial charge in [-0.05, 0) is 49.2 Å². The van der Waals surface area contributed by atoms with Crippen LogP contribution < -0.4 is 27.3 Å². The number of alkyl halides is 6. The highest BCUT2D eigenvalue weighted by molar-refractivity contribution is 7.87. The SMILES string of the molecule is COCCCOc1cc(C(F)(F)F)ccc1[C@@H]1CCOc2cc(S(=O)(=O)Oc3c(F)c(F)c(F)c(F)c3F)ccc21.COCCCOc1cc(C(F)(F)F)ccc1[C@H]1CCOc2cc(S(=O)(=O)Oc3c(F)c(F)c(F)c(F)c3F)ccc21. The van der Waals surface area contributed by atoms with Crippen molar-refractivity contribution >= 4 is 20.2 Å². The van der Waals surface area contributed by atoms with Gasteiger partial charge in [-0.25, -0.2) is 26.3 Å². The Balaban J connectivity index is 0.000000236. The third-order valence-electron chi connectivity index (χ3n) is 12.3. The standard InChI is InChI=1S/2C26H20F8O6S/c2*1-37-8-2-9-38-18-11-13(26(32,33)34)3-5-16(18)15-7-10-39-19-12-14(4-6-17(15)19)41(35,36)40-25-23(30)21(28)20(27)22(29)24(25)31/h2*3-6,11-12,15H,2,7-10H2,1H3/t2*15-/m10/s1. The Morgan fingerprint density at radius 1 is 0.439 bits per heavy atom. The van der Waals surface area contributed by atoms with Crippen LogP contribution in [0.1, 0.15) is 70.9 Å². The number of methoxy groups -OCH3 is 2. The Hall–Kier alpha value is -7.18. The maximum Gasteiger partial charge on any atom is 0.416 e. The lowest BCUT2D eigenvalue weighted by Gasteiger charge is -2.28. The largest absolute Gasteiger partial charge is 0.493 e. The molecule has 0 spiro atoms. The zero-order valence-corrected chi connectivity index (χ0v) is 43.5. The highest BCUT2D eigenvalue weighted by Crippen LogP contribution is 2.47. The first-order valence-corrected chi connectivity index (χ1v) is 26.4. The average Bonchev–Trinajstić information content (AvgIpc) is 3.65. The average molecular weight is 1220 g/mol. The van der Waals surface area contributed by atoms with Gasteiger partial charge in [0.15, 0.2) is 0 Å². The Morgan fingerprint density at radius 3 is 1.07 bits per heavy atom. The molecule has 8 rings (SSSR count). The molecule has 0 radical (unpaired) electrons. The van der Waals surface area contributed by atoms with Crippen LogP contribution in [0.4, 0.5) is 70.2 Å². The van der Waals surface area contributed by atoms with Crippen molar-refractivity contribution in [2.75, 3.05) is 53.9 Å². The molecule has 6 aromatic carbocycles. The number of hydrogen-bond acceptors (Lipinski definition) is 12. The third kappa shape index (κ3) is 13.5. The summed E-state index contributed by atoms with van der Waals surface area (Å²) in [5.41, 5.74) is -0.494. The summed E-state index contributed by atoms with van der Waals surface area (Å²) in [6, 6.07) is 12.1. The summed E-state index contributed by atoms with van der Waals surface area (Å²) in [6.45, 7) is 0.680. The van der Waals surface area contributed by atoms with Crippen molar-refractivity contribution in [2.24, 2.45) is 0 Å². The molecule has 2 aliphatic heterocycles. The van der Waals surface area contributed by atoms with E-state index in [4.69, 9.17) is 28.4 Å². The number of halogens is 16. The fraction of sp³-hybridized carbons (Fsp3) is 0.308. The Morgan fingerprint density at radius 2 is 0.756 bits per heavy atom. The lowest BCUT2D eigenvalue weighted by molar-refractivity contribution is -0.138. The molecule has 0 unspecified atom stereocenters. The molecule has 82 heavy (non-hydrogen) atoms. The second-order valence-corrected chi connectivity index (χ2v) is 20.6. The molecule has 0 aliphatic carbocycles. The number of fused-ring (bicyclic) bond motifs is 2. The first-order chi connectivity index (χ1) is 38.5. The van der Waals surface area contributed by atoms with E-state index in [2.05, 4.69) is 8.37 Å². The number of benzene rings is 6. The van der Waals surface area contributed by atoms with Crippen molar-refractivity contribution in [3.63, 3.8) is 0 Å². The van der Waals surface area contributed by atoms with Crippen LogP contribution in [0.5, 0.6) is 34.5 Å². The van der Waals surface area contributed by atoms with Crippen LogP contribution in [0.25, 0.3) is 0 Å². The molecule has 2 atom stereocenters. The first kappa shape index (κ1) is 62.4. The van der Waals surface area contributed by atoms with E-state index in [0.717, 1.165) is 48.5 Å². The molecule has 6 aromatic rings.